The van der Waals surface area contributed by atoms with Gasteiger partial charge in [0.15, 0.2) is 5.65 Å². The molecule has 9 nitrogen and oxygen atoms in total. The van der Waals surface area contributed by atoms with Gasteiger partial charge in [0.1, 0.15) is 11.4 Å². The number of methoxy groups -OCH3 is 1. The summed E-state index contributed by atoms with van der Waals surface area (Å²) in [4.78, 5) is 26.3. The van der Waals surface area contributed by atoms with Crippen LogP contribution in [0, 0.1) is 0 Å². The number of hydrogen-bond donors (Lipinski definition) is 0. The van der Waals surface area contributed by atoms with E-state index in [1.807, 2.05) is 60.8 Å². The number of aromatic nitrogens is 4. The number of anilines is 1. The topological polar surface area (TPSA) is 85.6 Å². The number of carbonyl (C=O) groups excluding carboxylic acids is 1. The molecule has 1 saturated heterocycles. The minimum absolute atomic E-state index is 0.253. The third-order valence-corrected chi connectivity index (χ3v) is 7.66. The maximum atomic E-state index is 12.8. The second-order valence-electron chi connectivity index (χ2n) is 12.0. The quantitative estimate of drug-likeness (QED) is 0.272. The van der Waals surface area contributed by atoms with Crippen molar-refractivity contribution in [2.45, 2.75) is 51.7 Å². The number of piperazine rings is 1. The number of fused-ring (bicyclic) bond motifs is 1. The van der Waals surface area contributed by atoms with E-state index in [2.05, 4.69) is 40.4 Å². The maximum absolute atomic E-state index is 12.8. The molecule has 0 N–H and O–H groups in total. The molecule has 9 heteroatoms. The van der Waals surface area contributed by atoms with Gasteiger partial charge in [0.25, 0.3) is 0 Å². The summed E-state index contributed by atoms with van der Waals surface area (Å²) in [6.07, 6.45) is 11.9. The van der Waals surface area contributed by atoms with Crippen LogP contribution in [0.2, 0.25) is 0 Å². The fraction of sp³-hybridized carbons (Fsp3) is 0.394. The van der Waals surface area contributed by atoms with E-state index in [-0.39, 0.29) is 6.09 Å². The van der Waals surface area contributed by atoms with E-state index in [0.29, 0.717) is 38.6 Å². The lowest BCUT2D eigenvalue weighted by atomic mass is 10.0. The molecule has 1 amide bonds. The monoisotopic (exact) mass is 566 g/mol. The highest BCUT2D eigenvalue weighted by atomic mass is 16.6. The Hall–Kier alpha value is -4.40. The number of benzene rings is 1. The number of carbonyl (C=O) groups is 1. The van der Waals surface area contributed by atoms with Gasteiger partial charge in [0, 0.05) is 44.8 Å². The van der Waals surface area contributed by atoms with Crippen molar-refractivity contribution in [2.24, 2.45) is 0 Å². The molecule has 0 atom stereocenters. The number of amides is 1. The van der Waals surface area contributed by atoms with Crippen LogP contribution < -0.4 is 9.64 Å². The third kappa shape index (κ3) is 6.10. The van der Waals surface area contributed by atoms with Crippen molar-refractivity contribution in [2.75, 3.05) is 38.2 Å². The van der Waals surface area contributed by atoms with Gasteiger partial charge in [-0.2, -0.15) is 5.10 Å². The van der Waals surface area contributed by atoms with E-state index < -0.39 is 5.60 Å². The maximum Gasteiger partial charge on any atom is 0.410 e. The molecule has 1 aromatic carbocycles. The molecule has 1 aliphatic carbocycles. The normalized spacial score (nSPS) is 15.9. The van der Waals surface area contributed by atoms with Crippen LogP contribution >= 0.6 is 0 Å². The highest BCUT2D eigenvalue weighted by Crippen LogP contribution is 2.47. The number of nitrogens with zero attached hydrogens (tertiary/aromatic N) is 6. The Morgan fingerprint density at radius 3 is 2.43 bits per heavy atom. The van der Waals surface area contributed by atoms with Crippen LogP contribution in [0.25, 0.3) is 23.2 Å². The molecule has 4 aromatic rings. The van der Waals surface area contributed by atoms with E-state index in [1.165, 1.54) is 24.1 Å². The Kier molecular flexibility index (Phi) is 7.58. The number of hydrogen-bond acceptors (Lipinski definition) is 7. The molecule has 0 bridgehead atoms. The van der Waals surface area contributed by atoms with E-state index >= 15 is 0 Å². The van der Waals surface area contributed by atoms with Crippen LogP contribution in [-0.2, 0) is 11.3 Å². The van der Waals surface area contributed by atoms with Crippen molar-refractivity contribution in [3.8, 4) is 5.75 Å². The van der Waals surface area contributed by atoms with Crippen LogP contribution in [0.4, 0.5) is 10.5 Å². The van der Waals surface area contributed by atoms with Gasteiger partial charge >= 0.3 is 6.09 Å². The van der Waals surface area contributed by atoms with Gasteiger partial charge < -0.3 is 19.3 Å². The van der Waals surface area contributed by atoms with Crippen LogP contribution in [0.3, 0.4) is 0 Å². The minimum Gasteiger partial charge on any atom is -0.497 e. The Bertz CT molecular complexity index is 1580. The fourth-order valence-corrected chi connectivity index (χ4v) is 5.42. The molecule has 2 aliphatic rings. The first-order valence-electron chi connectivity index (χ1n) is 14.6. The highest BCUT2D eigenvalue weighted by molar-refractivity contribution is 5.99. The van der Waals surface area contributed by atoms with E-state index in [0.717, 1.165) is 33.6 Å². The molecule has 4 heterocycles. The predicted molar refractivity (Wildman–Crippen MR) is 165 cm³/mol. The summed E-state index contributed by atoms with van der Waals surface area (Å²) in [5, 5.41) is 6.16. The van der Waals surface area contributed by atoms with Gasteiger partial charge in [0.2, 0.25) is 0 Å². The molecule has 218 valence electrons. The summed E-state index contributed by atoms with van der Waals surface area (Å²) in [6, 6.07) is 12.0. The van der Waals surface area contributed by atoms with Crippen molar-refractivity contribution in [3.63, 3.8) is 0 Å². The fourth-order valence-electron chi connectivity index (χ4n) is 5.42. The van der Waals surface area contributed by atoms with Gasteiger partial charge in [-0.1, -0.05) is 24.3 Å². The average Bonchev–Trinajstić information content (AvgIpc) is 3.78. The number of pyridine rings is 2. The first-order chi connectivity index (χ1) is 20.3. The molecule has 0 radical (unpaired) electrons. The van der Waals surface area contributed by atoms with Crippen molar-refractivity contribution >= 4 is 35.0 Å². The van der Waals surface area contributed by atoms with Crippen molar-refractivity contribution < 1.29 is 14.3 Å². The molecular formula is C33H38N6O3. The standard InChI is InChI=1S/C33H38N6O3/c1-33(2,3)42-32(40)38-18-16-37(17-19-38)30-27(25-10-11-25)21-35-31-29(30)28(14-9-23-6-5-15-34-20-23)36-39(31)22-24-7-12-26(41-4)13-8-24/h5-9,12-15,20-21,25H,10-11,16-19,22H2,1-4H3. The zero-order valence-corrected chi connectivity index (χ0v) is 24.8. The summed E-state index contributed by atoms with van der Waals surface area (Å²) < 4.78 is 13.0. The Morgan fingerprint density at radius 2 is 1.79 bits per heavy atom. The van der Waals surface area contributed by atoms with Crippen LogP contribution in [-0.4, -0.2) is 69.6 Å². The Morgan fingerprint density at radius 1 is 1.02 bits per heavy atom. The second kappa shape index (κ2) is 11.5. The van der Waals surface area contributed by atoms with Crippen molar-refractivity contribution in [1.82, 2.24) is 24.6 Å². The molecule has 6 rings (SSSR count). The first-order valence-corrected chi connectivity index (χ1v) is 14.6. The molecule has 3 aromatic heterocycles. The molecular weight excluding hydrogens is 528 g/mol. The number of ether oxygens (including phenoxy) is 2. The van der Waals surface area contributed by atoms with Crippen LogP contribution in [0.1, 0.15) is 61.9 Å². The Balaban J connectivity index is 1.39. The summed E-state index contributed by atoms with van der Waals surface area (Å²) in [7, 11) is 1.67. The molecule has 1 aliphatic heterocycles. The predicted octanol–water partition coefficient (Wildman–Crippen LogP) is 5.99. The molecule has 2 fully saturated rings. The zero-order chi connectivity index (χ0) is 29.3. The highest BCUT2D eigenvalue weighted by Gasteiger charge is 2.34. The minimum atomic E-state index is -0.515. The van der Waals surface area contributed by atoms with Gasteiger partial charge in [0.05, 0.1) is 30.4 Å². The van der Waals surface area contributed by atoms with Crippen molar-refractivity contribution in [1.29, 1.82) is 0 Å². The molecule has 42 heavy (non-hydrogen) atoms. The van der Waals surface area contributed by atoms with Gasteiger partial charge in [-0.3, -0.25) is 4.98 Å². The SMILES string of the molecule is COc1ccc(Cn2nc(C=Cc3cccnc3)c3c(N4CCN(C(=O)OC(C)(C)C)CC4)c(C4CC4)cnc32)cc1. The lowest BCUT2D eigenvalue weighted by Gasteiger charge is -2.37. The lowest BCUT2D eigenvalue weighted by Crippen LogP contribution is -2.50. The van der Waals surface area contributed by atoms with Gasteiger partial charge in [-0.15, -0.1) is 0 Å². The summed E-state index contributed by atoms with van der Waals surface area (Å²) in [5.74, 6) is 1.32. The first kappa shape index (κ1) is 27.8. The second-order valence-corrected chi connectivity index (χ2v) is 12.0. The van der Waals surface area contributed by atoms with Gasteiger partial charge in [-0.25, -0.2) is 14.5 Å². The Labute approximate surface area is 246 Å². The summed E-state index contributed by atoms with van der Waals surface area (Å²) >= 11 is 0. The smallest absolute Gasteiger partial charge is 0.410 e. The third-order valence-electron chi connectivity index (χ3n) is 7.66. The molecule has 0 spiro atoms. The largest absolute Gasteiger partial charge is 0.497 e. The number of rotatable bonds is 7. The van der Waals surface area contributed by atoms with E-state index in [1.54, 1.807) is 13.3 Å². The van der Waals surface area contributed by atoms with Gasteiger partial charge in [-0.05, 0) is 80.5 Å². The van der Waals surface area contributed by atoms with Crippen molar-refractivity contribution in [3.05, 3.63) is 77.4 Å². The molecule has 0 unspecified atom stereocenters. The van der Waals surface area contributed by atoms with Crippen LogP contribution in [0.5, 0.6) is 5.75 Å². The van der Waals surface area contributed by atoms with E-state index in [9.17, 15) is 4.79 Å². The summed E-state index contributed by atoms with van der Waals surface area (Å²) in [6.45, 7) is 8.93. The van der Waals surface area contributed by atoms with Crippen LogP contribution in [0.15, 0.2) is 55.0 Å². The molecule has 1 saturated carbocycles. The summed E-state index contributed by atoms with van der Waals surface area (Å²) in [5.41, 5.74) is 5.80. The zero-order valence-electron chi connectivity index (χ0n) is 24.8. The van der Waals surface area contributed by atoms with E-state index in [4.69, 9.17) is 19.6 Å². The average molecular weight is 567 g/mol. The lowest BCUT2D eigenvalue weighted by molar-refractivity contribution is 0.0240.